The standard InChI is InChI=1S/C12H13N3S2/c1-8-5-3-4-6-9(8)17-11-7-10(13)14-12(15-11)16-2/h3-7H,1-2H3,(H2,13,14,15). The van der Waals surface area contributed by atoms with E-state index in [1.165, 1.54) is 22.2 Å². The Hall–Kier alpha value is -1.20. The summed E-state index contributed by atoms with van der Waals surface area (Å²) in [7, 11) is 0. The number of nitrogen functional groups attached to an aromatic ring is 1. The summed E-state index contributed by atoms with van der Waals surface area (Å²) in [5.41, 5.74) is 6.99. The van der Waals surface area contributed by atoms with Crippen LogP contribution in [0.25, 0.3) is 0 Å². The van der Waals surface area contributed by atoms with Crippen molar-refractivity contribution in [3.8, 4) is 0 Å². The number of hydrogen-bond donors (Lipinski definition) is 1. The molecule has 0 radical (unpaired) electrons. The average Bonchev–Trinajstić information content (AvgIpc) is 2.31. The van der Waals surface area contributed by atoms with Crippen LogP contribution in [0.4, 0.5) is 5.82 Å². The van der Waals surface area contributed by atoms with Crippen molar-refractivity contribution in [1.82, 2.24) is 9.97 Å². The molecule has 2 aromatic rings. The second-order valence-electron chi connectivity index (χ2n) is 3.49. The number of thioether (sulfide) groups is 1. The first-order valence-corrected chi connectivity index (χ1v) is 7.15. The Labute approximate surface area is 109 Å². The van der Waals surface area contributed by atoms with Crippen molar-refractivity contribution in [2.45, 2.75) is 22.0 Å². The molecule has 0 atom stereocenters. The van der Waals surface area contributed by atoms with Gasteiger partial charge in [0, 0.05) is 11.0 Å². The van der Waals surface area contributed by atoms with E-state index in [-0.39, 0.29) is 0 Å². The van der Waals surface area contributed by atoms with Gasteiger partial charge in [-0.2, -0.15) is 0 Å². The maximum Gasteiger partial charge on any atom is 0.190 e. The van der Waals surface area contributed by atoms with Crippen molar-refractivity contribution in [2.75, 3.05) is 12.0 Å². The lowest BCUT2D eigenvalue weighted by molar-refractivity contribution is 0.901. The van der Waals surface area contributed by atoms with Crippen molar-refractivity contribution < 1.29 is 0 Å². The highest BCUT2D eigenvalue weighted by Crippen LogP contribution is 2.30. The van der Waals surface area contributed by atoms with E-state index in [2.05, 4.69) is 29.0 Å². The smallest absolute Gasteiger partial charge is 0.190 e. The van der Waals surface area contributed by atoms with Crippen LogP contribution < -0.4 is 5.73 Å². The third-order valence-electron chi connectivity index (χ3n) is 2.19. The van der Waals surface area contributed by atoms with Crippen LogP contribution in [0, 0.1) is 6.92 Å². The molecular weight excluding hydrogens is 250 g/mol. The van der Waals surface area contributed by atoms with E-state index >= 15 is 0 Å². The molecule has 5 heteroatoms. The quantitative estimate of drug-likeness (QED) is 0.523. The Morgan fingerprint density at radius 3 is 2.65 bits per heavy atom. The molecule has 0 unspecified atom stereocenters. The van der Waals surface area contributed by atoms with Gasteiger partial charge in [-0.15, -0.1) is 0 Å². The van der Waals surface area contributed by atoms with Crippen LogP contribution in [0.3, 0.4) is 0 Å². The first-order valence-electron chi connectivity index (χ1n) is 5.11. The Morgan fingerprint density at radius 2 is 1.94 bits per heavy atom. The average molecular weight is 263 g/mol. The van der Waals surface area contributed by atoms with Gasteiger partial charge in [0.15, 0.2) is 5.16 Å². The maximum absolute atomic E-state index is 5.75. The molecule has 17 heavy (non-hydrogen) atoms. The fourth-order valence-corrected chi connectivity index (χ4v) is 2.70. The molecule has 0 amide bonds. The summed E-state index contributed by atoms with van der Waals surface area (Å²) in [4.78, 5) is 9.75. The van der Waals surface area contributed by atoms with Gasteiger partial charge in [0.1, 0.15) is 10.8 Å². The Balaban J connectivity index is 2.30. The highest BCUT2D eigenvalue weighted by Gasteiger charge is 2.05. The molecule has 3 nitrogen and oxygen atoms in total. The van der Waals surface area contributed by atoms with E-state index in [9.17, 15) is 0 Å². The number of benzene rings is 1. The van der Waals surface area contributed by atoms with Crippen LogP contribution >= 0.6 is 23.5 Å². The summed E-state index contributed by atoms with van der Waals surface area (Å²) in [5.74, 6) is 0.514. The lowest BCUT2D eigenvalue weighted by atomic mass is 10.2. The van der Waals surface area contributed by atoms with Gasteiger partial charge >= 0.3 is 0 Å². The van der Waals surface area contributed by atoms with E-state index in [0.29, 0.717) is 11.0 Å². The molecule has 2 N–H and O–H groups in total. The number of aromatic nitrogens is 2. The molecule has 0 saturated heterocycles. The van der Waals surface area contributed by atoms with Crippen molar-refractivity contribution in [2.24, 2.45) is 0 Å². The van der Waals surface area contributed by atoms with Crippen LogP contribution in [0.5, 0.6) is 0 Å². The molecule has 1 heterocycles. The number of nitrogens with two attached hydrogens (primary N) is 1. The second kappa shape index (κ2) is 5.42. The molecule has 0 aliphatic carbocycles. The molecule has 0 spiro atoms. The van der Waals surface area contributed by atoms with E-state index in [0.717, 1.165) is 5.03 Å². The minimum absolute atomic E-state index is 0.514. The third kappa shape index (κ3) is 3.14. The number of aryl methyl sites for hydroxylation is 1. The molecule has 88 valence electrons. The minimum Gasteiger partial charge on any atom is -0.384 e. The van der Waals surface area contributed by atoms with Crippen molar-refractivity contribution in [3.63, 3.8) is 0 Å². The van der Waals surface area contributed by atoms with E-state index in [1.54, 1.807) is 17.8 Å². The monoisotopic (exact) mass is 263 g/mol. The highest BCUT2D eigenvalue weighted by molar-refractivity contribution is 7.99. The fraction of sp³-hybridized carbons (Fsp3) is 0.167. The predicted octanol–water partition coefficient (Wildman–Crippen LogP) is 3.24. The van der Waals surface area contributed by atoms with Gasteiger partial charge in [0.2, 0.25) is 0 Å². The van der Waals surface area contributed by atoms with Gasteiger partial charge in [0.05, 0.1) is 0 Å². The third-order valence-corrected chi connectivity index (χ3v) is 3.84. The minimum atomic E-state index is 0.514. The van der Waals surface area contributed by atoms with Gasteiger partial charge in [-0.1, -0.05) is 41.7 Å². The molecular formula is C12H13N3S2. The summed E-state index contributed by atoms with van der Waals surface area (Å²) in [5, 5.41) is 1.59. The van der Waals surface area contributed by atoms with E-state index in [1.807, 2.05) is 18.4 Å². The van der Waals surface area contributed by atoms with Crippen LogP contribution in [0.1, 0.15) is 5.56 Å². The topological polar surface area (TPSA) is 51.8 Å². The Morgan fingerprint density at radius 1 is 1.18 bits per heavy atom. The highest BCUT2D eigenvalue weighted by atomic mass is 32.2. The SMILES string of the molecule is CSc1nc(N)cc(Sc2ccccc2C)n1. The van der Waals surface area contributed by atoms with Gasteiger partial charge in [0.25, 0.3) is 0 Å². The normalized spacial score (nSPS) is 10.5. The van der Waals surface area contributed by atoms with Gasteiger partial charge in [-0.25, -0.2) is 9.97 Å². The molecule has 0 bridgehead atoms. The molecule has 1 aromatic carbocycles. The zero-order valence-electron chi connectivity index (χ0n) is 9.68. The number of rotatable bonds is 3. The number of nitrogens with zero attached hydrogens (tertiary/aromatic N) is 2. The summed E-state index contributed by atoms with van der Waals surface area (Å²) in [6.07, 6.45) is 1.94. The Bertz CT molecular complexity index is 529. The second-order valence-corrected chi connectivity index (χ2v) is 5.32. The van der Waals surface area contributed by atoms with Crippen molar-refractivity contribution in [1.29, 1.82) is 0 Å². The van der Waals surface area contributed by atoms with Crippen LogP contribution in [-0.2, 0) is 0 Å². The number of anilines is 1. The van der Waals surface area contributed by atoms with Gasteiger partial charge < -0.3 is 5.73 Å². The van der Waals surface area contributed by atoms with Crippen LogP contribution in [0.2, 0.25) is 0 Å². The first-order chi connectivity index (χ1) is 8.19. The summed E-state index contributed by atoms with van der Waals surface area (Å²) in [6.45, 7) is 2.09. The number of hydrogen-bond acceptors (Lipinski definition) is 5. The van der Waals surface area contributed by atoms with Gasteiger partial charge in [-0.05, 0) is 24.8 Å². The van der Waals surface area contributed by atoms with Gasteiger partial charge in [-0.3, -0.25) is 0 Å². The summed E-state index contributed by atoms with van der Waals surface area (Å²) < 4.78 is 0. The molecule has 0 aliphatic heterocycles. The van der Waals surface area contributed by atoms with Crippen LogP contribution in [0.15, 0.2) is 45.4 Å². The molecule has 1 aromatic heterocycles. The fourth-order valence-electron chi connectivity index (χ4n) is 1.35. The lowest BCUT2D eigenvalue weighted by Gasteiger charge is -2.06. The zero-order chi connectivity index (χ0) is 12.3. The summed E-state index contributed by atoms with van der Waals surface area (Å²) >= 11 is 3.11. The molecule has 2 rings (SSSR count). The van der Waals surface area contributed by atoms with E-state index < -0.39 is 0 Å². The molecule has 0 fully saturated rings. The summed E-state index contributed by atoms with van der Waals surface area (Å²) in [6, 6.07) is 10.0. The molecule has 0 saturated carbocycles. The van der Waals surface area contributed by atoms with Crippen molar-refractivity contribution >= 4 is 29.3 Å². The largest absolute Gasteiger partial charge is 0.384 e. The van der Waals surface area contributed by atoms with Crippen molar-refractivity contribution in [3.05, 3.63) is 35.9 Å². The van der Waals surface area contributed by atoms with E-state index in [4.69, 9.17) is 5.73 Å². The Kier molecular flexibility index (Phi) is 3.91. The first kappa shape index (κ1) is 12.3. The molecule has 0 aliphatic rings. The predicted molar refractivity (Wildman–Crippen MR) is 73.5 cm³/mol. The van der Waals surface area contributed by atoms with Crippen LogP contribution in [-0.4, -0.2) is 16.2 Å². The maximum atomic E-state index is 5.75. The lowest BCUT2D eigenvalue weighted by Crippen LogP contribution is -1.95. The zero-order valence-corrected chi connectivity index (χ0v) is 11.3.